The number of anilines is 1. The van der Waals surface area contributed by atoms with Crippen LogP contribution in [0.4, 0.5) is 5.69 Å². The molecule has 0 amide bonds. The number of piperidine rings is 1. The molecule has 116 valence electrons. The van der Waals surface area contributed by atoms with E-state index in [-0.39, 0.29) is 0 Å². The highest BCUT2D eigenvalue weighted by Gasteiger charge is 2.22. The van der Waals surface area contributed by atoms with Crippen molar-refractivity contribution in [3.63, 3.8) is 0 Å². The fourth-order valence-electron chi connectivity index (χ4n) is 2.96. The molecule has 1 atom stereocenters. The van der Waals surface area contributed by atoms with Gasteiger partial charge in [-0.3, -0.25) is 0 Å². The maximum Gasteiger partial charge on any atom is 0.0750 e. The SMILES string of the molecule is CCOC1CCCN(c2ccc(CNC3CC3)c(Cl)c2)C1. The highest BCUT2D eigenvalue weighted by molar-refractivity contribution is 6.31. The summed E-state index contributed by atoms with van der Waals surface area (Å²) in [7, 11) is 0. The number of nitrogens with zero attached hydrogens (tertiary/aromatic N) is 1. The molecule has 0 aromatic heterocycles. The molecule has 1 aromatic carbocycles. The molecule has 3 nitrogen and oxygen atoms in total. The third kappa shape index (κ3) is 4.12. The van der Waals surface area contributed by atoms with Crippen LogP contribution in [0.3, 0.4) is 0 Å². The van der Waals surface area contributed by atoms with Gasteiger partial charge in [-0.1, -0.05) is 17.7 Å². The Morgan fingerprint density at radius 3 is 2.90 bits per heavy atom. The zero-order chi connectivity index (χ0) is 14.7. The fraction of sp³-hybridized carbons (Fsp3) is 0.647. The molecular weight excluding hydrogens is 284 g/mol. The van der Waals surface area contributed by atoms with Crippen LogP contribution in [0.15, 0.2) is 18.2 Å². The first-order valence-corrected chi connectivity index (χ1v) is 8.52. The van der Waals surface area contributed by atoms with E-state index in [1.54, 1.807) is 0 Å². The first-order chi connectivity index (χ1) is 10.3. The molecule has 2 aliphatic rings. The number of nitrogens with one attached hydrogen (secondary N) is 1. The summed E-state index contributed by atoms with van der Waals surface area (Å²) in [6.07, 6.45) is 5.33. The van der Waals surface area contributed by atoms with Crippen LogP contribution in [0.2, 0.25) is 5.02 Å². The molecule has 3 rings (SSSR count). The smallest absolute Gasteiger partial charge is 0.0750 e. The van der Waals surface area contributed by atoms with Gasteiger partial charge in [0, 0.05) is 43.0 Å². The number of halogens is 1. The predicted octanol–water partition coefficient (Wildman–Crippen LogP) is 3.60. The fourth-order valence-corrected chi connectivity index (χ4v) is 3.20. The third-order valence-corrected chi connectivity index (χ3v) is 4.69. The predicted molar refractivity (Wildman–Crippen MR) is 88.2 cm³/mol. The van der Waals surface area contributed by atoms with Gasteiger partial charge in [0.25, 0.3) is 0 Å². The molecule has 1 heterocycles. The van der Waals surface area contributed by atoms with Crippen molar-refractivity contribution in [2.24, 2.45) is 0 Å². The quantitative estimate of drug-likeness (QED) is 0.869. The monoisotopic (exact) mass is 308 g/mol. The third-order valence-electron chi connectivity index (χ3n) is 4.34. The van der Waals surface area contributed by atoms with E-state index in [1.807, 2.05) is 0 Å². The standard InChI is InChI=1S/C17H25ClN2O/c1-2-21-16-4-3-9-20(12-16)15-8-5-13(17(18)10-15)11-19-14-6-7-14/h5,8,10,14,16,19H,2-4,6-7,9,11-12H2,1H3. The Morgan fingerprint density at radius 1 is 1.33 bits per heavy atom. The van der Waals surface area contributed by atoms with Crippen molar-refractivity contribution in [2.75, 3.05) is 24.6 Å². The van der Waals surface area contributed by atoms with Crippen molar-refractivity contribution in [1.29, 1.82) is 0 Å². The van der Waals surface area contributed by atoms with Crippen LogP contribution in [0.25, 0.3) is 0 Å². The largest absolute Gasteiger partial charge is 0.377 e. The summed E-state index contributed by atoms with van der Waals surface area (Å²) in [5.41, 5.74) is 2.42. The summed E-state index contributed by atoms with van der Waals surface area (Å²) in [6, 6.07) is 7.19. The Balaban J connectivity index is 1.62. The van der Waals surface area contributed by atoms with Crippen LogP contribution in [-0.4, -0.2) is 31.8 Å². The van der Waals surface area contributed by atoms with Gasteiger partial charge in [0.1, 0.15) is 0 Å². The van der Waals surface area contributed by atoms with E-state index in [1.165, 1.54) is 36.9 Å². The van der Waals surface area contributed by atoms with Gasteiger partial charge in [-0.2, -0.15) is 0 Å². The number of benzene rings is 1. The van der Waals surface area contributed by atoms with Crippen LogP contribution >= 0.6 is 11.6 Å². The van der Waals surface area contributed by atoms with E-state index in [2.05, 4.69) is 35.3 Å². The molecule has 1 N–H and O–H groups in total. The molecule has 1 saturated carbocycles. The minimum absolute atomic E-state index is 0.360. The minimum atomic E-state index is 0.360. The number of hydrogen-bond donors (Lipinski definition) is 1. The number of rotatable bonds is 6. The lowest BCUT2D eigenvalue weighted by molar-refractivity contribution is 0.0527. The minimum Gasteiger partial charge on any atom is -0.377 e. The maximum atomic E-state index is 6.45. The second-order valence-corrected chi connectivity index (χ2v) is 6.50. The Bertz CT molecular complexity index is 474. The second-order valence-electron chi connectivity index (χ2n) is 6.10. The van der Waals surface area contributed by atoms with Crippen molar-refractivity contribution in [1.82, 2.24) is 5.32 Å². The molecule has 21 heavy (non-hydrogen) atoms. The van der Waals surface area contributed by atoms with Crippen LogP contribution in [0.5, 0.6) is 0 Å². The lowest BCUT2D eigenvalue weighted by Crippen LogP contribution is -2.39. The summed E-state index contributed by atoms with van der Waals surface area (Å²) in [4.78, 5) is 2.40. The van der Waals surface area contributed by atoms with Gasteiger partial charge in [-0.05, 0) is 50.3 Å². The van der Waals surface area contributed by atoms with Crippen LogP contribution in [0.1, 0.15) is 38.2 Å². The van der Waals surface area contributed by atoms with Crippen LogP contribution in [-0.2, 0) is 11.3 Å². The first kappa shape index (κ1) is 15.1. The van der Waals surface area contributed by atoms with E-state index in [4.69, 9.17) is 16.3 Å². The van der Waals surface area contributed by atoms with Gasteiger partial charge in [-0.25, -0.2) is 0 Å². The average molecular weight is 309 g/mol. The van der Waals surface area contributed by atoms with Gasteiger partial charge in [0.2, 0.25) is 0 Å². The van der Waals surface area contributed by atoms with Gasteiger partial charge in [-0.15, -0.1) is 0 Å². The summed E-state index contributed by atoms with van der Waals surface area (Å²) >= 11 is 6.45. The number of hydrogen-bond acceptors (Lipinski definition) is 3. The molecule has 2 fully saturated rings. The highest BCUT2D eigenvalue weighted by atomic mass is 35.5. The van der Waals surface area contributed by atoms with E-state index >= 15 is 0 Å². The number of ether oxygens (including phenoxy) is 1. The van der Waals surface area contributed by atoms with Crippen LogP contribution in [0, 0.1) is 0 Å². The second kappa shape index (κ2) is 6.99. The maximum absolute atomic E-state index is 6.45. The van der Waals surface area contributed by atoms with Crippen molar-refractivity contribution in [3.8, 4) is 0 Å². The lowest BCUT2D eigenvalue weighted by Gasteiger charge is -2.34. The van der Waals surface area contributed by atoms with E-state index in [9.17, 15) is 0 Å². The Morgan fingerprint density at radius 2 is 2.19 bits per heavy atom. The Labute approximate surface area is 132 Å². The molecule has 1 saturated heterocycles. The van der Waals surface area contributed by atoms with Crippen molar-refractivity contribution < 1.29 is 4.74 Å². The molecule has 1 unspecified atom stereocenters. The molecule has 0 spiro atoms. The van der Waals surface area contributed by atoms with E-state index in [0.29, 0.717) is 6.10 Å². The van der Waals surface area contributed by atoms with Crippen molar-refractivity contribution >= 4 is 17.3 Å². The molecular formula is C17H25ClN2O. The van der Waals surface area contributed by atoms with Crippen molar-refractivity contribution in [3.05, 3.63) is 28.8 Å². The zero-order valence-electron chi connectivity index (χ0n) is 12.8. The van der Waals surface area contributed by atoms with Gasteiger partial charge in [0.05, 0.1) is 6.10 Å². The van der Waals surface area contributed by atoms with Crippen molar-refractivity contribution in [2.45, 2.75) is 51.3 Å². The molecule has 0 bridgehead atoms. The Kier molecular flexibility index (Phi) is 5.04. The first-order valence-electron chi connectivity index (χ1n) is 8.14. The van der Waals surface area contributed by atoms with E-state index in [0.717, 1.165) is 37.3 Å². The van der Waals surface area contributed by atoms with Gasteiger partial charge in [0.15, 0.2) is 0 Å². The van der Waals surface area contributed by atoms with Crippen LogP contribution < -0.4 is 10.2 Å². The molecule has 0 radical (unpaired) electrons. The summed E-state index contributed by atoms with van der Waals surface area (Å²) in [6.45, 7) is 5.82. The molecule has 1 aliphatic heterocycles. The molecule has 1 aromatic rings. The van der Waals surface area contributed by atoms with Gasteiger partial charge >= 0.3 is 0 Å². The summed E-state index contributed by atoms with van der Waals surface area (Å²) < 4.78 is 5.78. The highest BCUT2D eigenvalue weighted by Crippen LogP contribution is 2.27. The summed E-state index contributed by atoms with van der Waals surface area (Å²) in [5, 5.41) is 4.39. The van der Waals surface area contributed by atoms with E-state index < -0.39 is 0 Å². The molecule has 1 aliphatic carbocycles. The summed E-state index contributed by atoms with van der Waals surface area (Å²) in [5.74, 6) is 0. The zero-order valence-corrected chi connectivity index (χ0v) is 13.5. The topological polar surface area (TPSA) is 24.5 Å². The normalized spacial score (nSPS) is 22.6. The average Bonchev–Trinajstić information content (AvgIpc) is 3.31. The Hall–Kier alpha value is -0.770. The molecule has 4 heteroatoms. The van der Waals surface area contributed by atoms with Gasteiger partial charge < -0.3 is 15.0 Å². The lowest BCUT2D eigenvalue weighted by atomic mass is 10.1.